The van der Waals surface area contributed by atoms with Crippen molar-refractivity contribution < 1.29 is 9.90 Å². The number of fused-ring (bicyclic) bond motifs is 1. The molecule has 100 valence electrons. The Hall–Kier alpha value is -1.33. The van der Waals surface area contributed by atoms with E-state index >= 15 is 0 Å². The van der Waals surface area contributed by atoms with Gasteiger partial charge >= 0.3 is 5.97 Å². The third-order valence-corrected chi connectivity index (χ3v) is 4.71. The lowest BCUT2D eigenvalue weighted by Crippen LogP contribution is -2.17. The quantitative estimate of drug-likeness (QED) is 0.915. The van der Waals surface area contributed by atoms with Gasteiger partial charge in [0.2, 0.25) is 0 Å². The van der Waals surface area contributed by atoms with Gasteiger partial charge in [0.25, 0.3) is 0 Å². The predicted octanol–water partition coefficient (Wildman–Crippen LogP) is 3.86. The molecular weight excluding hydrogens is 284 g/mol. The molecule has 3 heterocycles. The third-order valence-electron chi connectivity index (χ3n) is 3.48. The lowest BCUT2D eigenvalue weighted by molar-refractivity contribution is 0.0689. The van der Waals surface area contributed by atoms with Crippen molar-refractivity contribution in [3.05, 3.63) is 27.9 Å². The second-order valence-electron chi connectivity index (χ2n) is 4.75. The lowest BCUT2D eigenvalue weighted by Gasteiger charge is -2.24. The van der Waals surface area contributed by atoms with E-state index in [0.29, 0.717) is 4.34 Å². The van der Waals surface area contributed by atoms with Gasteiger partial charge in [0.1, 0.15) is 0 Å². The summed E-state index contributed by atoms with van der Waals surface area (Å²) in [5.41, 5.74) is 1.02. The summed E-state index contributed by atoms with van der Waals surface area (Å²) in [7, 11) is 0. The van der Waals surface area contributed by atoms with E-state index in [9.17, 15) is 9.90 Å². The van der Waals surface area contributed by atoms with Crippen molar-refractivity contribution in [2.75, 3.05) is 0 Å². The van der Waals surface area contributed by atoms with Crippen LogP contribution in [0.4, 0.5) is 0 Å². The Balaban J connectivity index is 2.22. The first kappa shape index (κ1) is 12.7. The van der Waals surface area contributed by atoms with Crippen molar-refractivity contribution in [3.63, 3.8) is 0 Å². The summed E-state index contributed by atoms with van der Waals surface area (Å²) < 4.78 is 2.75. The molecule has 4 nitrogen and oxygen atoms in total. The molecule has 1 aliphatic rings. The van der Waals surface area contributed by atoms with E-state index in [1.807, 2.05) is 12.1 Å². The van der Waals surface area contributed by atoms with Crippen molar-refractivity contribution in [2.24, 2.45) is 0 Å². The van der Waals surface area contributed by atoms with E-state index in [1.54, 1.807) is 0 Å². The summed E-state index contributed by atoms with van der Waals surface area (Å²) in [4.78, 5) is 16.6. The third kappa shape index (κ3) is 2.07. The Morgan fingerprint density at radius 1 is 1.58 bits per heavy atom. The van der Waals surface area contributed by atoms with Crippen LogP contribution in [-0.2, 0) is 6.42 Å². The van der Waals surface area contributed by atoms with Crippen LogP contribution < -0.4 is 0 Å². The molecule has 0 saturated carbocycles. The van der Waals surface area contributed by atoms with Gasteiger partial charge < -0.3 is 9.67 Å². The molecule has 1 atom stereocenters. The van der Waals surface area contributed by atoms with Crippen LogP contribution in [0.25, 0.3) is 10.7 Å². The minimum atomic E-state index is -0.952. The largest absolute Gasteiger partial charge is 0.476 e. The molecule has 19 heavy (non-hydrogen) atoms. The number of carboxylic acid groups (broad SMARTS) is 1. The number of imidazole rings is 1. The van der Waals surface area contributed by atoms with E-state index in [4.69, 9.17) is 11.6 Å². The maximum absolute atomic E-state index is 11.3. The van der Waals surface area contributed by atoms with Gasteiger partial charge in [-0.05, 0) is 38.3 Å². The molecule has 1 unspecified atom stereocenters. The van der Waals surface area contributed by atoms with E-state index in [1.165, 1.54) is 11.3 Å². The first-order valence-corrected chi connectivity index (χ1v) is 7.37. The van der Waals surface area contributed by atoms with Crippen molar-refractivity contribution in [2.45, 2.75) is 32.2 Å². The highest BCUT2D eigenvalue weighted by Crippen LogP contribution is 2.37. The fourth-order valence-corrected chi connectivity index (χ4v) is 3.68. The molecule has 0 spiro atoms. The normalized spacial score (nSPS) is 18.3. The molecule has 2 aromatic rings. The average molecular weight is 297 g/mol. The van der Waals surface area contributed by atoms with Gasteiger partial charge in [-0.25, -0.2) is 9.78 Å². The monoisotopic (exact) mass is 296 g/mol. The van der Waals surface area contributed by atoms with E-state index in [0.717, 1.165) is 35.7 Å². The zero-order valence-electron chi connectivity index (χ0n) is 10.4. The van der Waals surface area contributed by atoms with Crippen molar-refractivity contribution in [3.8, 4) is 10.7 Å². The van der Waals surface area contributed by atoms with E-state index in [-0.39, 0.29) is 11.7 Å². The highest BCUT2D eigenvalue weighted by Gasteiger charge is 2.28. The zero-order valence-corrected chi connectivity index (χ0v) is 12.0. The minimum absolute atomic E-state index is 0.186. The van der Waals surface area contributed by atoms with Gasteiger partial charge in [-0.2, -0.15) is 0 Å². The molecule has 1 N–H and O–H groups in total. The Morgan fingerprint density at radius 2 is 2.37 bits per heavy atom. The average Bonchev–Trinajstić information content (AvgIpc) is 2.93. The summed E-state index contributed by atoms with van der Waals surface area (Å²) in [6.45, 7) is 2.11. The summed E-state index contributed by atoms with van der Waals surface area (Å²) in [6.07, 6.45) is 2.84. The van der Waals surface area contributed by atoms with Crippen molar-refractivity contribution in [1.82, 2.24) is 9.55 Å². The second kappa shape index (κ2) is 4.65. The number of nitrogens with zero attached hydrogens (tertiary/aromatic N) is 2. The molecule has 0 radical (unpaired) electrons. The topological polar surface area (TPSA) is 55.1 Å². The van der Waals surface area contributed by atoms with Crippen LogP contribution in [0.1, 0.15) is 42.0 Å². The fraction of sp³-hybridized carbons (Fsp3) is 0.385. The van der Waals surface area contributed by atoms with Crippen LogP contribution in [0, 0.1) is 0 Å². The van der Waals surface area contributed by atoms with E-state index in [2.05, 4.69) is 16.5 Å². The number of aromatic carboxylic acids is 1. The molecule has 2 aromatic heterocycles. The SMILES string of the molecule is CC1CCCc2c(C(=O)O)nc(-c3ccc(Cl)s3)n21. The van der Waals surface area contributed by atoms with Crippen LogP contribution in [-0.4, -0.2) is 20.6 Å². The smallest absolute Gasteiger partial charge is 0.356 e. The van der Waals surface area contributed by atoms with E-state index < -0.39 is 5.97 Å². The highest BCUT2D eigenvalue weighted by atomic mass is 35.5. The Kier molecular flexibility index (Phi) is 3.11. The molecule has 3 rings (SSSR count). The predicted molar refractivity (Wildman–Crippen MR) is 75.2 cm³/mol. The van der Waals surface area contributed by atoms with Crippen LogP contribution in [0.15, 0.2) is 12.1 Å². The molecule has 1 aliphatic heterocycles. The molecule has 0 amide bonds. The van der Waals surface area contributed by atoms with Crippen LogP contribution in [0.5, 0.6) is 0 Å². The van der Waals surface area contributed by atoms with Gasteiger partial charge in [-0.3, -0.25) is 0 Å². The first-order chi connectivity index (χ1) is 9.08. The number of thiophene rings is 1. The number of carboxylic acids is 1. The standard InChI is InChI=1S/C13H13ClN2O2S/c1-7-3-2-4-8-11(13(17)18)15-12(16(7)8)9-5-6-10(14)19-9/h5-7H,2-4H2,1H3,(H,17,18). The molecule has 0 fully saturated rings. The van der Waals surface area contributed by atoms with Gasteiger partial charge in [0.05, 0.1) is 14.9 Å². The van der Waals surface area contributed by atoms with Gasteiger partial charge in [-0.15, -0.1) is 11.3 Å². The molecule has 0 aliphatic carbocycles. The molecule has 6 heteroatoms. The molecular formula is C13H13ClN2O2S. The van der Waals surface area contributed by atoms with Crippen LogP contribution in [0.3, 0.4) is 0 Å². The number of aromatic nitrogens is 2. The van der Waals surface area contributed by atoms with Crippen molar-refractivity contribution >= 4 is 28.9 Å². The number of hydrogen-bond donors (Lipinski definition) is 1. The van der Waals surface area contributed by atoms with Gasteiger partial charge in [0, 0.05) is 6.04 Å². The lowest BCUT2D eigenvalue weighted by atomic mass is 10.0. The Labute approximate surface area is 119 Å². The maximum atomic E-state index is 11.3. The number of halogens is 1. The van der Waals surface area contributed by atoms with Crippen LogP contribution >= 0.6 is 22.9 Å². The molecule has 0 aromatic carbocycles. The highest BCUT2D eigenvalue weighted by molar-refractivity contribution is 7.19. The first-order valence-electron chi connectivity index (χ1n) is 6.18. The number of hydrogen-bond acceptors (Lipinski definition) is 3. The summed E-state index contributed by atoms with van der Waals surface area (Å²) in [6, 6.07) is 3.99. The summed E-state index contributed by atoms with van der Waals surface area (Å²) in [5.74, 6) is -0.219. The number of carbonyl (C=O) groups is 1. The maximum Gasteiger partial charge on any atom is 0.356 e. The molecule has 0 saturated heterocycles. The zero-order chi connectivity index (χ0) is 13.6. The van der Waals surface area contributed by atoms with Gasteiger partial charge in [0.15, 0.2) is 11.5 Å². The number of rotatable bonds is 2. The fourth-order valence-electron chi connectivity index (χ4n) is 2.65. The Bertz CT molecular complexity index is 647. The molecule has 0 bridgehead atoms. The Morgan fingerprint density at radius 3 is 3.00 bits per heavy atom. The van der Waals surface area contributed by atoms with Gasteiger partial charge in [-0.1, -0.05) is 11.6 Å². The summed E-state index contributed by atoms with van der Waals surface area (Å²) in [5, 5.41) is 9.29. The van der Waals surface area contributed by atoms with Crippen molar-refractivity contribution in [1.29, 1.82) is 0 Å². The second-order valence-corrected chi connectivity index (χ2v) is 6.47. The summed E-state index contributed by atoms with van der Waals surface area (Å²) >= 11 is 7.39. The minimum Gasteiger partial charge on any atom is -0.476 e. The van der Waals surface area contributed by atoms with Crippen LogP contribution in [0.2, 0.25) is 4.34 Å².